The number of furan rings is 1. The highest BCUT2D eigenvalue weighted by molar-refractivity contribution is 6.10. The first-order valence-electron chi connectivity index (χ1n) is 16.6. The molecule has 230 valence electrons. The molecular weight excluding hydrogens is 599 g/mol. The van der Waals surface area contributed by atoms with Crippen LogP contribution in [-0.4, -0.2) is 4.57 Å². The van der Waals surface area contributed by atoms with Gasteiger partial charge in [-0.3, -0.25) is 0 Å². The summed E-state index contributed by atoms with van der Waals surface area (Å²) in [6.45, 7) is 9.20. The Balaban J connectivity index is 1.16. The Morgan fingerprint density at radius 3 is 2.12 bits per heavy atom. The number of aromatic nitrogens is 1. The molecule has 3 heterocycles. The Hall–Kier alpha value is -6.57. The topological polar surface area (TPSA) is 25.7 Å². The molecule has 49 heavy (non-hydrogen) atoms. The second-order valence-electron chi connectivity index (χ2n) is 12.9. The molecule has 1 aliphatic heterocycles. The molecule has 0 aliphatic carbocycles. The number of anilines is 1. The van der Waals surface area contributed by atoms with Crippen molar-refractivity contribution in [1.82, 2.24) is 4.57 Å². The summed E-state index contributed by atoms with van der Waals surface area (Å²) in [6, 6.07) is 53.9. The summed E-state index contributed by atoms with van der Waals surface area (Å²) < 4.78 is 8.48. The number of nitrogens with zero attached hydrogens (tertiary/aromatic N) is 3. The minimum absolute atomic E-state index is 0.656. The van der Waals surface area contributed by atoms with E-state index in [1.807, 2.05) is 24.3 Å². The number of hydrogen-bond acceptors (Lipinski definition) is 2. The van der Waals surface area contributed by atoms with E-state index in [2.05, 4.69) is 142 Å². The van der Waals surface area contributed by atoms with Gasteiger partial charge in [0, 0.05) is 40.6 Å². The molecule has 4 heteroatoms. The van der Waals surface area contributed by atoms with Gasteiger partial charge in [0.2, 0.25) is 0 Å². The lowest BCUT2D eigenvalue weighted by Gasteiger charge is -2.24. The van der Waals surface area contributed by atoms with E-state index in [1.54, 1.807) is 0 Å². The fourth-order valence-corrected chi connectivity index (χ4v) is 7.76. The Bertz CT molecular complexity index is 2800. The number of fused-ring (bicyclic) bond motifs is 9. The van der Waals surface area contributed by atoms with Gasteiger partial charge < -0.3 is 13.9 Å². The normalized spacial score (nSPS) is 12.7. The third-order valence-corrected chi connectivity index (χ3v) is 10.1. The van der Waals surface area contributed by atoms with Crippen molar-refractivity contribution in [2.24, 2.45) is 0 Å². The van der Waals surface area contributed by atoms with Crippen molar-refractivity contribution >= 4 is 55.1 Å². The van der Waals surface area contributed by atoms with E-state index < -0.39 is 0 Å². The Morgan fingerprint density at radius 2 is 1.22 bits per heavy atom. The predicted molar refractivity (Wildman–Crippen MR) is 202 cm³/mol. The number of hydrogen-bond donors (Lipinski definition) is 0. The SMILES string of the molecule is [C-]#[N+]c1ccc2c(c1)c1ccccc1n2-c1ccc2c(c1)CN(c1ccccc1)Cc1ccc(-c3ccc4oc5ccccc5c4c3)cc1-2. The smallest absolute Gasteiger partial charge is 0.188 e. The third kappa shape index (κ3) is 4.37. The zero-order valence-electron chi connectivity index (χ0n) is 26.6. The highest BCUT2D eigenvalue weighted by Gasteiger charge is 2.22. The largest absolute Gasteiger partial charge is 0.456 e. The van der Waals surface area contributed by atoms with E-state index in [1.165, 1.54) is 39.1 Å². The molecule has 2 aromatic heterocycles. The molecule has 0 saturated heterocycles. The summed E-state index contributed by atoms with van der Waals surface area (Å²) in [5.41, 5.74) is 14.5. The zero-order chi connectivity index (χ0) is 32.5. The molecule has 7 aromatic carbocycles. The minimum Gasteiger partial charge on any atom is -0.456 e. The van der Waals surface area contributed by atoms with Gasteiger partial charge in [-0.25, -0.2) is 4.85 Å². The van der Waals surface area contributed by atoms with Crippen molar-refractivity contribution in [3.05, 3.63) is 174 Å². The molecule has 0 atom stereocenters. The summed E-state index contributed by atoms with van der Waals surface area (Å²) >= 11 is 0. The molecule has 1 aliphatic rings. The fraction of sp³-hybridized carbons (Fsp3) is 0.0444. The highest BCUT2D eigenvalue weighted by atomic mass is 16.3. The molecule has 0 fully saturated rings. The standard InChI is InChI=1S/C45H29N3O/c1-46-33-18-21-43-40(26-33)37-11-5-7-13-42(37)48(43)35-19-20-36-32(23-35)28-47(34-9-3-2-4-10-34)27-31-16-15-29(24-39(31)36)30-17-22-45-41(25-30)38-12-6-8-14-44(38)49-45/h2-26H,27-28H2. The van der Waals surface area contributed by atoms with Crippen LogP contribution >= 0.6 is 0 Å². The molecule has 10 rings (SSSR count). The van der Waals surface area contributed by atoms with Gasteiger partial charge in [0.1, 0.15) is 11.2 Å². The van der Waals surface area contributed by atoms with Crippen molar-refractivity contribution in [3.63, 3.8) is 0 Å². The molecule has 0 N–H and O–H groups in total. The van der Waals surface area contributed by atoms with E-state index in [9.17, 15) is 0 Å². The van der Waals surface area contributed by atoms with E-state index in [0.717, 1.165) is 62.5 Å². The van der Waals surface area contributed by atoms with Crippen LogP contribution in [0.2, 0.25) is 0 Å². The van der Waals surface area contributed by atoms with Crippen LogP contribution < -0.4 is 4.90 Å². The van der Waals surface area contributed by atoms with Crippen molar-refractivity contribution in [2.45, 2.75) is 13.1 Å². The van der Waals surface area contributed by atoms with Gasteiger partial charge in [-0.05, 0) is 105 Å². The predicted octanol–water partition coefficient (Wildman–Crippen LogP) is 12.1. The van der Waals surface area contributed by atoms with Gasteiger partial charge >= 0.3 is 0 Å². The molecule has 0 radical (unpaired) electrons. The summed E-state index contributed by atoms with van der Waals surface area (Å²) in [5, 5.41) is 4.53. The molecule has 0 saturated carbocycles. The summed E-state index contributed by atoms with van der Waals surface area (Å²) in [6.07, 6.45) is 0. The van der Waals surface area contributed by atoms with E-state index in [4.69, 9.17) is 11.0 Å². The number of para-hydroxylation sites is 3. The second kappa shape index (κ2) is 10.7. The lowest BCUT2D eigenvalue weighted by molar-refractivity contribution is 0.669. The molecule has 0 amide bonds. The van der Waals surface area contributed by atoms with Crippen LogP contribution in [0.4, 0.5) is 11.4 Å². The van der Waals surface area contributed by atoms with Crippen LogP contribution in [0, 0.1) is 6.57 Å². The average Bonchev–Trinajstić information content (AvgIpc) is 3.64. The first-order valence-corrected chi connectivity index (χ1v) is 16.6. The zero-order valence-corrected chi connectivity index (χ0v) is 26.6. The van der Waals surface area contributed by atoms with E-state index >= 15 is 0 Å². The molecule has 0 unspecified atom stereocenters. The van der Waals surface area contributed by atoms with Gasteiger partial charge in [-0.2, -0.15) is 0 Å². The Labute approximate surface area is 283 Å². The third-order valence-electron chi connectivity index (χ3n) is 10.1. The van der Waals surface area contributed by atoms with Crippen LogP contribution in [-0.2, 0) is 13.1 Å². The molecule has 4 nitrogen and oxygen atoms in total. The summed E-state index contributed by atoms with van der Waals surface area (Å²) in [5.74, 6) is 0. The van der Waals surface area contributed by atoms with Crippen molar-refractivity contribution in [1.29, 1.82) is 0 Å². The van der Waals surface area contributed by atoms with E-state index in [-0.39, 0.29) is 0 Å². The lowest BCUT2D eigenvalue weighted by Crippen LogP contribution is -2.20. The fourth-order valence-electron chi connectivity index (χ4n) is 7.76. The monoisotopic (exact) mass is 627 g/mol. The molecule has 0 spiro atoms. The van der Waals surface area contributed by atoms with Crippen molar-refractivity contribution in [2.75, 3.05) is 4.90 Å². The van der Waals surface area contributed by atoms with Crippen molar-refractivity contribution < 1.29 is 4.42 Å². The first-order chi connectivity index (χ1) is 24.2. The lowest BCUT2D eigenvalue weighted by atomic mass is 9.92. The second-order valence-corrected chi connectivity index (χ2v) is 12.9. The van der Waals surface area contributed by atoms with Gasteiger partial charge in [-0.1, -0.05) is 84.9 Å². The van der Waals surface area contributed by atoms with Crippen molar-refractivity contribution in [3.8, 4) is 27.9 Å². The molecular formula is C45H29N3O. The maximum Gasteiger partial charge on any atom is 0.188 e. The van der Waals surface area contributed by atoms with Gasteiger partial charge in [-0.15, -0.1) is 0 Å². The Kier molecular flexibility index (Phi) is 6.03. The van der Waals surface area contributed by atoms with Crippen LogP contribution in [0.3, 0.4) is 0 Å². The maximum atomic E-state index is 7.61. The summed E-state index contributed by atoms with van der Waals surface area (Å²) in [7, 11) is 0. The van der Waals surface area contributed by atoms with Gasteiger partial charge in [0.25, 0.3) is 0 Å². The van der Waals surface area contributed by atoms with Gasteiger partial charge in [0.15, 0.2) is 5.69 Å². The first kappa shape index (κ1) is 27.5. The summed E-state index contributed by atoms with van der Waals surface area (Å²) in [4.78, 5) is 6.20. The van der Waals surface area contributed by atoms with Crippen LogP contribution in [0.5, 0.6) is 0 Å². The number of rotatable bonds is 3. The minimum atomic E-state index is 0.656. The quantitative estimate of drug-likeness (QED) is 0.182. The highest BCUT2D eigenvalue weighted by Crippen LogP contribution is 2.41. The van der Waals surface area contributed by atoms with E-state index in [0.29, 0.717) is 5.69 Å². The average molecular weight is 628 g/mol. The van der Waals surface area contributed by atoms with Crippen LogP contribution in [0.25, 0.3) is 76.5 Å². The van der Waals surface area contributed by atoms with Gasteiger partial charge in [0.05, 0.1) is 17.6 Å². The maximum absolute atomic E-state index is 7.61. The Morgan fingerprint density at radius 1 is 0.490 bits per heavy atom. The van der Waals surface area contributed by atoms with Crippen LogP contribution in [0.15, 0.2) is 156 Å². The number of benzene rings is 7. The molecule has 9 aromatic rings. The molecule has 0 bridgehead atoms. The van der Waals surface area contributed by atoms with Crippen LogP contribution in [0.1, 0.15) is 11.1 Å².